The summed E-state index contributed by atoms with van der Waals surface area (Å²) >= 11 is 6.22. The van der Waals surface area contributed by atoms with Crippen LogP contribution in [-0.2, 0) is 27.3 Å². The number of esters is 1. The molecule has 1 atom stereocenters. The van der Waals surface area contributed by atoms with E-state index in [1.807, 2.05) is 19.9 Å². The van der Waals surface area contributed by atoms with Gasteiger partial charge in [0.1, 0.15) is 12.4 Å². The number of carbonyl (C=O) groups is 3. The van der Waals surface area contributed by atoms with Crippen molar-refractivity contribution < 1.29 is 33.7 Å². The highest BCUT2D eigenvalue weighted by molar-refractivity contribution is 6.33. The Morgan fingerprint density at radius 1 is 1.21 bits per heavy atom. The predicted molar refractivity (Wildman–Crippen MR) is 161 cm³/mol. The maximum atomic E-state index is 13.1. The highest BCUT2D eigenvalue weighted by Gasteiger charge is 2.33. The van der Waals surface area contributed by atoms with Crippen molar-refractivity contribution in [1.82, 2.24) is 4.90 Å². The zero-order valence-corrected chi connectivity index (χ0v) is 25.0. The number of carboxylic acids is 1. The van der Waals surface area contributed by atoms with Gasteiger partial charge in [-0.25, -0.2) is 9.59 Å². The van der Waals surface area contributed by atoms with E-state index in [4.69, 9.17) is 25.8 Å². The molecule has 0 bridgehead atoms. The molecule has 1 saturated heterocycles. The number of aliphatic carboxylic acids is 1. The van der Waals surface area contributed by atoms with Crippen molar-refractivity contribution in [3.05, 3.63) is 63.2 Å². The maximum absolute atomic E-state index is 13.1. The molecule has 1 fully saturated rings. The highest BCUT2D eigenvalue weighted by Crippen LogP contribution is 2.42. The molecular formula is C31H38ClN3O7. The number of fused-ring (bicyclic) bond motifs is 1. The molecule has 42 heavy (non-hydrogen) atoms. The van der Waals surface area contributed by atoms with Gasteiger partial charge in [-0.05, 0) is 63.3 Å². The summed E-state index contributed by atoms with van der Waals surface area (Å²) < 4.78 is 16.5. The van der Waals surface area contributed by atoms with Crippen molar-refractivity contribution in [2.24, 2.45) is 5.92 Å². The van der Waals surface area contributed by atoms with Crippen molar-refractivity contribution in [3.8, 4) is 5.75 Å². The summed E-state index contributed by atoms with van der Waals surface area (Å²) in [6, 6.07) is 6.26. The summed E-state index contributed by atoms with van der Waals surface area (Å²) in [4.78, 5) is 40.0. The van der Waals surface area contributed by atoms with Gasteiger partial charge in [0.15, 0.2) is 0 Å². The number of methoxy groups -OCH3 is 1. The Bertz CT molecular complexity index is 1350. The number of hydrogen-bond acceptors (Lipinski definition) is 7. The number of urea groups is 1. The zero-order valence-electron chi connectivity index (χ0n) is 24.3. The molecule has 0 spiro atoms. The Hall–Kier alpha value is -3.60. The Morgan fingerprint density at radius 3 is 2.64 bits per heavy atom. The first-order chi connectivity index (χ1) is 20.2. The van der Waals surface area contributed by atoms with E-state index < -0.39 is 18.0 Å². The van der Waals surface area contributed by atoms with Gasteiger partial charge in [-0.15, -0.1) is 0 Å². The van der Waals surface area contributed by atoms with E-state index in [0.717, 1.165) is 56.8 Å². The quantitative estimate of drug-likeness (QED) is 0.211. The van der Waals surface area contributed by atoms with Gasteiger partial charge in [-0.1, -0.05) is 35.4 Å². The van der Waals surface area contributed by atoms with Crippen LogP contribution < -0.4 is 15.4 Å². The molecule has 1 unspecified atom stereocenters. The summed E-state index contributed by atoms with van der Waals surface area (Å²) in [7, 11) is 1.54. The number of ether oxygens (including phenoxy) is 3. The van der Waals surface area contributed by atoms with E-state index in [1.165, 1.54) is 0 Å². The number of nitrogens with zero attached hydrogens (tertiary/aromatic N) is 1. The van der Waals surface area contributed by atoms with Crippen molar-refractivity contribution in [3.63, 3.8) is 0 Å². The minimum absolute atomic E-state index is 0.0173. The van der Waals surface area contributed by atoms with Crippen molar-refractivity contribution in [2.75, 3.05) is 50.6 Å². The van der Waals surface area contributed by atoms with Crippen LogP contribution in [0.3, 0.4) is 0 Å². The average Bonchev–Trinajstić information content (AvgIpc) is 3.36. The number of halogens is 1. The Kier molecular flexibility index (Phi) is 10.8. The number of hydrogen-bond donors (Lipinski definition) is 3. The minimum atomic E-state index is -0.855. The van der Waals surface area contributed by atoms with Crippen LogP contribution in [0.4, 0.5) is 16.2 Å². The lowest BCUT2D eigenvalue weighted by Crippen LogP contribution is -2.37. The topological polar surface area (TPSA) is 126 Å². The van der Waals surface area contributed by atoms with Crippen LogP contribution >= 0.6 is 11.6 Å². The Morgan fingerprint density at radius 2 is 1.95 bits per heavy atom. The van der Waals surface area contributed by atoms with E-state index in [9.17, 15) is 19.5 Å². The number of carbonyl (C=O) groups excluding carboxylic acids is 2. The minimum Gasteiger partial charge on any atom is -0.496 e. The average molecular weight is 600 g/mol. The van der Waals surface area contributed by atoms with Crippen LogP contribution in [0.25, 0.3) is 0 Å². The fourth-order valence-corrected chi connectivity index (χ4v) is 5.72. The molecule has 0 radical (unpaired) electrons. The second-order valence-electron chi connectivity index (χ2n) is 10.5. The number of nitrogens with one attached hydrogen (secondary N) is 2. The normalized spacial score (nSPS) is 16.0. The lowest BCUT2D eigenvalue weighted by molar-refractivity contribution is -0.137. The molecule has 10 nitrogen and oxygen atoms in total. The van der Waals surface area contributed by atoms with E-state index in [-0.39, 0.29) is 24.5 Å². The number of benzene rings is 2. The van der Waals surface area contributed by atoms with Gasteiger partial charge in [0, 0.05) is 24.2 Å². The maximum Gasteiger partial charge on any atom is 0.341 e. The molecule has 2 heterocycles. The largest absolute Gasteiger partial charge is 0.496 e. The van der Waals surface area contributed by atoms with E-state index in [1.54, 1.807) is 31.4 Å². The molecule has 4 rings (SSSR count). The van der Waals surface area contributed by atoms with Gasteiger partial charge in [0.05, 0.1) is 48.7 Å². The van der Waals surface area contributed by atoms with Crippen LogP contribution in [-0.4, -0.2) is 67.9 Å². The van der Waals surface area contributed by atoms with E-state index in [0.29, 0.717) is 39.7 Å². The first-order valence-electron chi connectivity index (χ1n) is 14.1. The number of morpholine rings is 1. The summed E-state index contributed by atoms with van der Waals surface area (Å²) in [5.41, 5.74) is 3.94. The number of amides is 2. The molecule has 0 saturated carbocycles. The molecule has 0 aromatic heterocycles. The second-order valence-corrected chi connectivity index (χ2v) is 11.0. The highest BCUT2D eigenvalue weighted by atomic mass is 35.5. The third kappa shape index (κ3) is 7.61. The number of rotatable bonds is 12. The monoisotopic (exact) mass is 599 g/mol. The van der Waals surface area contributed by atoms with Crippen LogP contribution in [0.5, 0.6) is 5.75 Å². The molecule has 226 valence electrons. The Balaban J connectivity index is 1.61. The first kappa shape index (κ1) is 31.3. The van der Waals surface area contributed by atoms with Crippen molar-refractivity contribution in [2.45, 2.75) is 46.1 Å². The summed E-state index contributed by atoms with van der Waals surface area (Å²) in [6.07, 6.45) is 3.87. The van der Waals surface area contributed by atoms with Gasteiger partial charge in [-0.3, -0.25) is 9.69 Å². The second kappa shape index (κ2) is 14.5. The zero-order chi connectivity index (χ0) is 30.2. The standard InChI is InChI=1S/C31H38ClN3O7/c1-19(21(17-26(36)37)7-6-12-35-13-15-41-16-14-35)10-11-22-28(34-31(39)33-25-9-5-4-8-24(25)32)27-23(18-42-30(27)38)20(2)29(22)40-3/h4-5,8-10,21H,6-7,11-18H2,1-3H3,(H,36,37)(H2,33,34,39)/b19-10+. The number of carboxylic acid groups (broad SMARTS) is 1. The smallest absolute Gasteiger partial charge is 0.341 e. The molecule has 2 aliphatic heterocycles. The SMILES string of the molecule is COc1c(C)c2c(c(NC(=O)Nc3ccccc3Cl)c1C/C=C(\C)C(CCCN1CCOCC1)CC(=O)O)C(=O)OC2. The number of cyclic esters (lactones) is 1. The van der Waals surface area contributed by atoms with E-state index in [2.05, 4.69) is 15.5 Å². The third-order valence-electron chi connectivity index (χ3n) is 7.86. The summed E-state index contributed by atoms with van der Waals surface area (Å²) in [5.74, 6) is -1.01. The number of para-hydroxylation sites is 1. The fraction of sp³-hybridized carbons (Fsp3) is 0.452. The molecule has 0 aliphatic carbocycles. The van der Waals surface area contributed by atoms with Crippen LogP contribution in [0.1, 0.15) is 53.2 Å². The van der Waals surface area contributed by atoms with Gasteiger partial charge >= 0.3 is 18.0 Å². The molecular weight excluding hydrogens is 562 g/mol. The van der Waals surface area contributed by atoms with Crippen molar-refractivity contribution >= 4 is 40.9 Å². The summed E-state index contributed by atoms with van der Waals surface area (Å²) in [6.45, 7) is 7.97. The Labute approximate surface area is 251 Å². The van der Waals surface area contributed by atoms with Gasteiger partial charge in [0.25, 0.3) is 0 Å². The van der Waals surface area contributed by atoms with Crippen molar-refractivity contribution in [1.29, 1.82) is 0 Å². The first-order valence-corrected chi connectivity index (χ1v) is 14.5. The molecule has 2 aromatic rings. The van der Waals surface area contributed by atoms with E-state index >= 15 is 0 Å². The summed E-state index contributed by atoms with van der Waals surface area (Å²) in [5, 5.41) is 15.6. The molecule has 2 aliphatic rings. The molecule has 3 N–H and O–H groups in total. The molecule has 2 amide bonds. The third-order valence-corrected chi connectivity index (χ3v) is 8.19. The van der Waals surface area contributed by atoms with Crippen LogP contribution in [0, 0.1) is 12.8 Å². The number of anilines is 2. The fourth-order valence-electron chi connectivity index (χ4n) is 5.54. The number of allylic oxidation sites excluding steroid dienone is 2. The lowest BCUT2D eigenvalue weighted by atomic mass is 9.89. The van der Waals surface area contributed by atoms with Crippen LogP contribution in [0.2, 0.25) is 5.02 Å². The predicted octanol–water partition coefficient (Wildman–Crippen LogP) is 5.66. The molecule has 2 aromatic carbocycles. The van der Waals surface area contributed by atoms with Gasteiger partial charge < -0.3 is 30.0 Å². The lowest BCUT2D eigenvalue weighted by Gasteiger charge is -2.27. The van der Waals surface area contributed by atoms with Crippen LogP contribution in [0.15, 0.2) is 35.9 Å². The van der Waals surface area contributed by atoms with Gasteiger partial charge in [0.2, 0.25) is 0 Å². The molecule has 11 heteroatoms. The van der Waals surface area contributed by atoms with Gasteiger partial charge in [-0.2, -0.15) is 0 Å².